The molecule has 1 fully saturated rings. The third-order valence-electron chi connectivity index (χ3n) is 2.23. The molecule has 0 radical (unpaired) electrons. The van der Waals surface area contributed by atoms with Crippen molar-refractivity contribution in [2.75, 3.05) is 25.1 Å². The molecular weight excluding hydrogens is 231 g/mol. The standard InChI is InChI=1S/C8H14F3NS2/c1-13-7(2-3-7)6-12-4-5-14-8(9,10)11/h12H,2-6H2,1H3. The van der Waals surface area contributed by atoms with E-state index >= 15 is 0 Å². The van der Waals surface area contributed by atoms with Gasteiger partial charge in [-0.1, -0.05) is 0 Å². The van der Waals surface area contributed by atoms with E-state index in [-0.39, 0.29) is 17.5 Å². The molecule has 0 aromatic carbocycles. The molecule has 1 N–H and O–H groups in total. The van der Waals surface area contributed by atoms with Gasteiger partial charge in [0, 0.05) is 23.6 Å². The molecule has 0 saturated heterocycles. The van der Waals surface area contributed by atoms with Crippen LogP contribution >= 0.6 is 23.5 Å². The summed E-state index contributed by atoms with van der Waals surface area (Å²) in [7, 11) is 0. The molecule has 0 bridgehead atoms. The average Bonchev–Trinajstić information content (AvgIpc) is 2.83. The van der Waals surface area contributed by atoms with E-state index in [1.54, 1.807) is 0 Å². The van der Waals surface area contributed by atoms with Gasteiger partial charge >= 0.3 is 5.51 Å². The van der Waals surface area contributed by atoms with Crippen LogP contribution in [0.3, 0.4) is 0 Å². The molecule has 1 aliphatic carbocycles. The zero-order valence-electron chi connectivity index (χ0n) is 7.99. The fraction of sp³-hybridized carbons (Fsp3) is 1.00. The van der Waals surface area contributed by atoms with E-state index in [1.807, 2.05) is 11.8 Å². The predicted molar refractivity (Wildman–Crippen MR) is 56.9 cm³/mol. The summed E-state index contributed by atoms with van der Waals surface area (Å²) >= 11 is 1.85. The highest BCUT2D eigenvalue weighted by Gasteiger charge is 2.41. The largest absolute Gasteiger partial charge is 0.441 e. The Bertz CT molecular complexity index is 180. The second-order valence-electron chi connectivity index (χ2n) is 3.36. The number of rotatable bonds is 6. The SMILES string of the molecule is CSC1(CNCCSC(F)(F)F)CC1. The Morgan fingerprint density at radius 3 is 2.43 bits per heavy atom. The molecule has 14 heavy (non-hydrogen) atoms. The van der Waals surface area contributed by atoms with Gasteiger partial charge in [0.1, 0.15) is 0 Å². The first kappa shape index (κ1) is 12.5. The summed E-state index contributed by atoms with van der Waals surface area (Å²) in [4.78, 5) is 0. The number of thioether (sulfide) groups is 2. The van der Waals surface area contributed by atoms with Crippen molar-refractivity contribution >= 4 is 23.5 Å². The van der Waals surface area contributed by atoms with Gasteiger partial charge in [0.05, 0.1) is 0 Å². The van der Waals surface area contributed by atoms with Crippen LogP contribution in [0.1, 0.15) is 12.8 Å². The minimum absolute atomic E-state index is 0.0429. The zero-order valence-corrected chi connectivity index (χ0v) is 9.62. The quantitative estimate of drug-likeness (QED) is 0.723. The Morgan fingerprint density at radius 2 is 2.00 bits per heavy atom. The van der Waals surface area contributed by atoms with E-state index in [0.29, 0.717) is 11.3 Å². The molecule has 0 aromatic rings. The molecule has 1 nitrogen and oxygen atoms in total. The smallest absolute Gasteiger partial charge is 0.315 e. The van der Waals surface area contributed by atoms with Gasteiger partial charge in [-0.15, -0.1) is 0 Å². The van der Waals surface area contributed by atoms with Gasteiger partial charge in [-0.05, 0) is 30.9 Å². The fourth-order valence-corrected chi connectivity index (χ4v) is 2.38. The number of alkyl halides is 3. The van der Waals surface area contributed by atoms with Gasteiger partial charge in [0.15, 0.2) is 0 Å². The van der Waals surface area contributed by atoms with Crippen molar-refractivity contribution in [1.29, 1.82) is 0 Å². The zero-order chi connectivity index (χ0) is 10.7. The third kappa shape index (κ3) is 4.79. The van der Waals surface area contributed by atoms with Crippen LogP contribution in [0.25, 0.3) is 0 Å². The predicted octanol–water partition coefficient (Wildman–Crippen LogP) is 2.72. The highest BCUT2D eigenvalue weighted by Crippen LogP contribution is 2.46. The Labute approximate surface area is 90.6 Å². The van der Waals surface area contributed by atoms with Crippen molar-refractivity contribution in [2.45, 2.75) is 23.1 Å². The molecule has 1 aliphatic rings. The van der Waals surface area contributed by atoms with Crippen molar-refractivity contribution < 1.29 is 13.2 Å². The summed E-state index contributed by atoms with van der Waals surface area (Å²) in [5, 5.41) is 3.07. The lowest BCUT2D eigenvalue weighted by Crippen LogP contribution is -2.28. The number of hydrogen-bond donors (Lipinski definition) is 1. The average molecular weight is 245 g/mol. The second-order valence-corrected chi connectivity index (χ2v) is 5.79. The minimum atomic E-state index is -4.08. The van der Waals surface area contributed by atoms with Crippen LogP contribution in [0, 0.1) is 0 Å². The maximum absolute atomic E-state index is 11.7. The summed E-state index contributed by atoms with van der Waals surface area (Å²) in [6, 6.07) is 0. The lowest BCUT2D eigenvalue weighted by molar-refractivity contribution is -0.0327. The van der Waals surface area contributed by atoms with Gasteiger partial charge in [-0.25, -0.2) is 0 Å². The molecule has 0 amide bonds. The molecule has 1 rings (SSSR count). The minimum Gasteiger partial charge on any atom is -0.315 e. The van der Waals surface area contributed by atoms with Crippen LogP contribution in [0.2, 0.25) is 0 Å². The Balaban J connectivity index is 1.95. The van der Waals surface area contributed by atoms with Crippen molar-refractivity contribution in [1.82, 2.24) is 5.32 Å². The summed E-state index contributed by atoms with van der Waals surface area (Å²) in [6.07, 6.45) is 4.43. The lowest BCUT2D eigenvalue weighted by atomic mass is 10.4. The van der Waals surface area contributed by atoms with Crippen molar-refractivity contribution in [3.05, 3.63) is 0 Å². The highest BCUT2D eigenvalue weighted by molar-refractivity contribution is 8.00. The van der Waals surface area contributed by atoms with Crippen LogP contribution in [0.5, 0.6) is 0 Å². The molecule has 0 unspecified atom stereocenters. The van der Waals surface area contributed by atoms with E-state index in [1.165, 1.54) is 12.8 Å². The lowest BCUT2D eigenvalue weighted by Gasteiger charge is -2.13. The maximum Gasteiger partial charge on any atom is 0.441 e. The van der Waals surface area contributed by atoms with E-state index in [4.69, 9.17) is 0 Å². The van der Waals surface area contributed by atoms with Crippen LogP contribution in [-0.4, -0.2) is 35.4 Å². The molecular formula is C8H14F3NS2. The van der Waals surface area contributed by atoms with E-state index < -0.39 is 5.51 Å². The van der Waals surface area contributed by atoms with Gasteiger partial charge < -0.3 is 5.32 Å². The fourth-order valence-electron chi connectivity index (χ4n) is 1.15. The summed E-state index contributed by atoms with van der Waals surface area (Å²) in [5.41, 5.74) is -4.08. The molecule has 84 valence electrons. The first-order valence-corrected chi connectivity index (χ1v) is 6.65. The van der Waals surface area contributed by atoms with Crippen LogP contribution in [0.4, 0.5) is 13.2 Å². The molecule has 1 saturated carbocycles. The Hall–Kier alpha value is 0.450. The molecule has 0 heterocycles. The Morgan fingerprint density at radius 1 is 1.36 bits per heavy atom. The van der Waals surface area contributed by atoms with Gasteiger partial charge in [-0.3, -0.25) is 0 Å². The highest BCUT2D eigenvalue weighted by atomic mass is 32.2. The molecule has 0 spiro atoms. The number of halogens is 3. The first-order chi connectivity index (χ1) is 6.47. The van der Waals surface area contributed by atoms with Gasteiger partial charge in [-0.2, -0.15) is 24.9 Å². The first-order valence-electron chi connectivity index (χ1n) is 4.44. The van der Waals surface area contributed by atoms with Crippen molar-refractivity contribution in [2.24, 2.45) is 0 Å². The van der Waals surface area contributed by atoms with E-state index in [9.17, 15) is 13.2 Å². The summed E-state index contributed by atoms with van der Waals surface area (Å²) in [6.45, 7) is 1.28. The van der Waals surface area contributed by atoms with Gasteiger partial charge in [0.2, 0.25) is 0 Å². The third-order valence-corrected chi connectivity index (χ3v) is 4.39. The maximum atomic E-state index is 11.7. The summed E-state index contributed by atoms with van der Waals surface area (Å²) < 4.78 is 35.5. The monoisotopic (exact) mass is 245 g/mol. The molecule has 0 aliphatic heterocycles. The van der Waals surface area contributed by atoms with Crippen molar-refractivity contribution in [3.8, 4) is 0 Å². The van der Waals surface area contributed by atoms with Crippen LogP contribution in [0.15, 0.2) is 0 Å². The van der Waals surface area contributed by atoms with E-state index in [0.717, 1.165) is 6.54 Å². The molecule has 0 atom stereocenters. The topological polar surface area (TPSA) is 12.0 Å². The number of hydrogen-bond acceptors (Lipinski definition) is 3. The van der Waals surface area contributed by atoms with Crippen LogP contribution in [-0.2, 0) is 0 Å². The molecule has 0 aromatic heterocycles. The van der Waals surface area contributed by atoms with Crippen LogP contribution < -0.4 is 5.32 Å². The summed E-state index contributed by atoms with van der Waals surface area (Å²) in [5.74, 6) is 0.105. The Kier molecular flexibility index (Phi) is 4.46. The normalized spacial score (nSPS) is 19.7. The van der Waals surface area contributed by atoms with Crippen molar-refractivity contribution in [3.63, 3.8) is 0 Å². The second kappa shape index (κ2) is 4.99. The molecule has 6 heteroatoms. The van der Waals surface area contributed by atoms with Gasteiger partial charge in [0.25, 0.3) is 0 Å². The number of nitrogens with one attached hydrogen (secondary N) is 1. The van der Waals surface area contributed by atoms with E-state index in [2.05, 4.69) is 11.6 Å².